The Morgan fingerprint density at radius 2 is 2.05 bits per heavy atom. The lowest BCUT2D eigenvalue weighted by molar-refractivity contribution is 0.532. The van der Waals surface area contributed by atoms with Crippen molar-refractivity contribution in [3.63, 3.8) is 0 Å². The summed E-state index contributed by atoms with van der Waals surface area (Å²) in [6, 6.07) is 8.02. The molecule has 1 aromatic carbocycles. The van der Waals surface area contributed by atoms with Crippen molar-refractivity contribution in [2.24, 2.45) is 0 Å². The molecule has 0 N–H and O–H groups in total. The van der Waals surface area contributed by atoms with Crippen molar-refractivity contribution in [3.8, 4) is 0 Å². The first-order valence-electron chi connectivity index (χ1n) is 5.89. The Labute approximate surface area is 116 Å². The van der Waals surface area contributed by atoms with Crippen LogP contribution in [0.5, 0.6) is 0 Å². The summed E-state index contributed by atoms with van der Waals surface area (Å²) in [7, 11) is -3.58. The Bertz CT molecular complexity index is 711. The highest BCUT2D eigenvalue weighted by molar-refractivity contribution is 7.92. The Kier molecular flexibility index (Phi) is 2.99. The third-order valence-corrected chi connectivity index (χ3v) is 5.10. The molecule has 0 saturated heterocycles. The molecule has 0 saturated carbocycles. The zero-order valence-corrected chi connectivity index (χ0v) is 11.6. The predicted octanol–water partition coefficient (Wildman–Crippen LogP) is 2.14. The van der Waals surface area contributed by atoms with Crippen molar-refractivity contribution in [2.75, 3.05) is 10.8 Å². The molecule has 0 radical (unpaired) electrons. The summed E-state index contributed by atoms with van der Waals surface area (Å²) in [6.45, 7) is 1.20. The maximum absolute atomic E-state index is 12.6. The monoisotopic (exact) mass is 297 g/mol. The highest BCUT2D eigenvalue weighted by atomic mass is 35.5. The lowest BCUT2D eigenvalue weighted by Crippen LogP contribution is -2.37. The van der Waals surface area contributed by atoms with Crippen molar-refractivity contribution >= 4 is 27.4 Å². The average Bonchev–Trinajstić information content (AvgIpc) is 2.86. The van der Waals surface area contributed by atoms with Crippen LogP contribution >= 0.6 is 11.6 Å². The maximum atomic E-state index is 12.6. The first-order chi connectivity index (χ1) is 9.09. The summed E-state index contributed by atoms with van der Waals surface area (Å²) in [5, 5.41) is 4.53. The second-order valence-corrected chi connectivity index (χ2v) is 6.60. The maximum Gasteiger partial charge on any atom is 0.265 e. The SMILES string of the molecule is O=S(=O)(c1cccc(Cl)c1)N1CCCn2nccc21. The van der Waals surface area contributed by atoms with Gasteiger partial charge in [-0.15, -0.1) is 0 Å². The van der Waals surface area contributed by atoms with E-state index in [0.717, 1.165) is 13.0 Å². The van der Waals surface area contributed by atoms with E-state index in [-0.39, 0.29) is 4.90 Å². The zero-order chi connectivity index (χ0) is 13.5. The third kappa shape index (κ3) is 2.11. The fourth-order valence-corrected chi connectivity index (χ4v) is 3.99. The Hall–Kier alpha value is -1.53. The van der Waals surface area contributed by atoms with Crippen LogP contribution in [0.3, 0.4) is 0 Å². The van der Waals surface area contributed by atoms with Gasteiger partial charge < -0.3 is 0 Å². The second kappa shape index (κ2) is 4.54. The van der Waals surface area contributed by atoms with Crippen LogP contribution in [0.15, 0.2) is 41.4 Å². The van der Waals surface area contributed by atoms with Gasteiger partial charge in [-0.1, -0.05) is 17.7 Å². The van der Waals surface area contributed by atoms with E-state index < -0.39 is 10.0 Å². The molecular weight excluding hydrogens is 286 g/mol. The van der Waals surface area contributed by atoms with Gasteiger partial charge >= 0.3 is 0 Å². The van der Waals surface area contributed by atoms with Gasteiger partial charge in [-0.3, -0.25) is 0 Å². The number of halogens is 1. The Morgan fingerprint density at radius 3 is 2.84 bits per heavy atom. The molecule has 19 heavy (non-hydrogen) atoms. The van der Waals surface area contributed by atoms with Crippen LogP contribution in [0.2, 0.25) is 5.02 Å². The van der Waals surface area contributed by atoms with Crippen LogP contribution in [0.1, 0.15) is 6.42 Å². The van der Waals surface area contributed by atoms with Gasteiger partial charge in [0, 0.05) is 24.2 Å². The normalized spacial score (nSPS) is 15.3. The molecule has 5 nitrogen and oxygen atoms in total. The summed E-state index contributed by atoms with van der Waals surface area (Å²) in [5.41, 5.74) is 0. The number of aromatic nitrogens is 2. The van der Waals surface area contributed by atoms with E-state index in [1.807, 2.05) is 0 Å². The van der Waals surface area contributed by atoms with Gasteiger partial charge in [-0.2, -0.15) is 5.10 Å². The highest BCUT2D eigenvalue weighted by Crippen LogP contribution is 2.27. The molecule has 0 unspecified atom stereocenters. The lowest BCUT2D eigenvalue weighted by atomic mass is 10.3. The van der Waals surface area contributed by atoms with Crippen LogP contribution in [0.4, 0.5) is 5.82 Å². The molecule has 0 atom stereocenters. The molecule has 0 amide bonds. The van der Waals surface area contributed by atoms with E-state index in [2.05, 4.69) is 5.10 Å². The number of fused-ring (bicyclic) bond motifs is 1. The molecule has 3 rings (SSSR count). The topological polar surface area (TPSA) is 55.2 Å². The molecule has 0 fully saturated rings. The first kappa shape index (κ1) is 12.5. The third-order valence-electron chi connectivity index (χ3n) is 3.06. The summed E-state index contributed by atoms with van der Waals surface area (Å²) in [4.78, 5) is 0.203. The van der Waals surface area contributed by atoms with Crippen molar-refractivity contribution < 1.29 is 8.42 Å². The van der Waals surface area contributed by atoms with E-state index in [9.17, 15) is 8.42 Å². The number of hydrogen-bond donors (Lipinski definition) is 0. The number of hydrogen-bond acceptors (Lipinski definition) is 3. The van der Waals surface area contributed by atoms with Crippen LogP contribution in [-0.4, -0.2) is 24.7 Å². The van der Waals surface area contributed by atoms with Gasteiger partial charge in [0.1, 0.15) is 5.82 Å². The second-order valence-electron chi connectivity index (χ2n) is 4.30. The molecule has 0 aliphatic carbocycles. The van der Waals surface area contributed by atoms with Gasteiger partial charge in [0.2, 0.25) is 0 Å². The lowest BCUT2D eigenvalue weighted by Gasteiger charge is -2.28. The molecule has 0 spiro atoms. The molecule has 2 heterocycles. The van der Waals surface area contributed by atoms with E-state index in [0.29, 0.717) is 17.4 Å². The largest absolute Gasteiger partial charge is 0.265 e. The molecule has 100 valence electrons. The fourth-order valence-electron chi connectivity index (χ4n) is 2.19. The van der Waals surface area contributed by atoms with Crippen molar-refractivity contribution in [1.29, 1.82) is 0 Å². The fraction of sp³-hybridized carbons (Fsp3) is 0.250. The van der Waals surface area contributed by atoms with E-state index in [1.54, 1.807) is 35.1 Å². The van der Waals surface area contributed by atoms with E-state index in [4.69, 9.17) is 11.6 Å². The quantitative estimate of drug-likeness (QED) is 0.853. The van der Waals surface area contributed by atoms with Crippen molar-refractivity contribution in [2.45, 2.75) is 17.9 Å². The molecule has 0 bridgehead atoms. The first-order valence-corrected chi connectivity index (χ1v) is 7.71. The average molecular weight is 298 g/mol. The predicted molar refractivity (Wildman–Crippen MR) is 72.8 cm³/mol. The van der Waals surface area contributed by atoms with Crippen LogP contribution in [0, 0.1) is 0 Å². The van der Waals surface area contributed by atoms with Gasteiger partial charge in [0.05, 0.1) is 11.1 Å². The number of anilines is 1. The number of rotatable bonds is 2. The molecule has 1 aromatic heterocycles. The smallest absolute Gasteiger partial charge is 0.250 e. The Morgan fingerprint density at radius 1 is 1.21 bits per heavy atom. The van der Waals surface area contributed by atoms with Crippen molar-refractivity contribution in [1.82, 2.24) is 9.78 Å². The molecule has 1 aliphatic heterocycles. The minimum absolute atomic E-state index is 0.203. The van der Waals surface area contributed by atoms with Gasteiger partial charge in [0.25, 0.3) is 10.0 Å². The minimum Gasteiger partial charge on any atom is -0.250 e. The zero-order valence-electron chi connectivity index (χ0n) is 10.0. The summed E-state index contributed by atoms with van der Waals surface area (Å²) in [5.74, 6) is 0.603. The minimum atomic E-state index is -3.58. The molecule has 7 heteroatoms. The number of benzene rings is 1. The van der Waals surface area contributed by atoms with Gasteiger partial charge in [-0.05, 0) is 24.6 Å². The van der Waals surface area contributed by atoms with Crippen LogP contribution in [-0.2, 0) is 16.6 Å². The van der Waals surface area contributed by atoms with Crippen LogP contribution in [0.25, 0.3) is 0 Å². The molecule has 2 aromatic rings. The highest BCUT2D eigenvalue weighted by Gasteiger charge is 2.29. The van der Waals surface area contributed by atoms with E-state index in [1.165, 1.54) is 10.4 Å². The van der Waals surface area contributed by atoms with Gasteiger partial charge in [-0.25, -0.2) is 17.4 Å². The number of aryl methyl sites for hydroxylation is 1. The van der Waals surface area contributed by atoms with E-state index >= 15 is 0 Å². The Balaban J connectivity index is 2.08. The summed E-state index contributed by atoms with van der Waals surface area (Å²) >= 11 is 5.87. The van der Waals surface area contributed by atoms with Gasteiger partial charge in [0.15, 0.2) is 0 Å². The van der Waals surface area contributed by atoms with Crippen molar-refractivity contribution in [3.05, 3.63) is 41.6 Å². The summed E-state index contributed by atoms with van der Waals surface area (Å²) < 4.78 is 28.3. The number of nitrogens with zero attached hydrogens (tertiary/aromatic N) is 3. The molecule has 1 aliphatic rings. The standard InChI is InChI=1S/C12H12ClN3O2S/c13-10-3-1-4-11(9-10)19(17,18)16-8-2-7-15-12(16)5-6-14-15/h1,3-6,9H,2,7-8H2. The summed E-state index contributed by atoms with van der Waals surface area (Å²) in [6.07, 6.45) is 2.36. The molecular formula is C12H12ClN3O2S. The number of sulfonamides is 1. The van der Waals surface area contributed by atoms with Crippen LogP contribution < -0.4 is 4.31 Å².